The molecule has 0 radical (unpaired) electrons. The molecule has 0 saturated heterocycles. The summed E-state index contributed by atoms with van der Waals surface area (Å²) >= 11 is 1.30. The van der Waals surface area contributed by atoms with Gasteiger partial charge in [0.05, 0.1) is 15.1 Å². The smallest absolute Gasteiger partial charge is 0.328 e. The minimum absolute atomic E-state index is 0.166. The van der Waals surface area contributed by atoms with Crippen LogP contribution in [0.15, 0.2) is 17.6 Å². The number of likely N-dealkylation sites (N-methyl/N-ethyl adjacent to an activating group) is 1. The zero-order valence-corrected chi connectivity index (χ0v) is 12.0. The number of benzene rings is 1. The fourth-order valence-electron chi connectivity index (χ4n) is 1.80. The Morgan fingerprint density at radius 2 is 2.15 bits per heavy atom. The zero-order valence-electron chi connectivity index (χ0n) is 11.2. The van der Waals surface area contributed by atoms with Crippen LogP contribution in [0.2, 0.25) is 0 Å². The molecule has 1 aromatic carbocycles. The molecule has 7 nitrogen and oxygen atoms in total. The van der Waals surface area contributed by atoms with Crippen molar-refractivity contribution in [1.29, 1.82) is 0 Å². The average molecular weight is 295 g/mol. The van der Waals surface area contributed by atoms with Crippen LogP contribution in [0.1, 0.15) is 13.8 Å². The molecule has 20 heavy (non-hydrogen) atoms. The van der Waals surface area contributed by atoms with E-state index in [0.29, 0.717) is 4.70 Å². The summed E-state index contributed by atoms with van der Waals surface area (Å²) in [7, 11) is 1.52. The number of hydrogen-bond acceptors (Lipinski definition) is 6. The fraction of sp³-hybridized carbons (Fsp3) is 0.333. The van der Waals surface area contributed by atoms with Gasteiger partial charge in [-0.05, 0) is 26.0 Å². The van der Waals surface area contributed by atoms with Crippen LogP contribution in [-0.2, 0) is 4.79 Å². The first-order valence-electron chi connectivity index (χ1n) is 5.74. The van der Waals surface area contributed by atoms with Crippen LogP contribution < -0.4 is 4.90 Å². The van der Waals surface area contributed by atoms with Crippen molar-refractivity contribution < 1.29 is 14.8 Å². The molecule has 0 aliphatic heterocycles. The van der Waals surface area contributed by atoms with Gasteiger partial charge in [0, 0.05) is 7.05 Å². The molecule has 0 spiro atoms. The van der Waals surface area contributed by atoms with Gasteiger partial charge in [0.1, 0.15) is 11.2 Å². The second-order valence-corrected chi connectivity index (χ2v) is 5.70. The third kappa shape index (κ3) is 2.07. The van der Waals surface area contributed by atoms with E-state index in [1.54, 1.807) is 12.1 Å². The highest BCUT2D eigenvalue weighted by Crippen LogP contribution is 2.38. The molecular formula is C12H13N3O4S. The molecule has 0 aliphatic rings. The Morgan fingerprint density at radius 1 is 1.50 bits per heavy atom. The molecule has 0 amide bonds. The SMILES string of the molecule is CN(c1ccc2scnc2c1[N+](=O)[O-])C(C)(C)C(=O)O. The predicted octanol–water partition coefficient (Wildman–Crippen LogP) is 2.50. The maximum Gasteiger partial charge on any atom is 0.328 e. The van der Waals surface area contributed by atoms with Crippen molar-refractivity contribution in [1.82, 2.24) is 4.98 Å². The number of carboxylic acids is 1. The molecular weight excluding hydrogens is 282 g/mol. The summed E-state index contributed by atoms with van der Waals surface area (Å²) in [4.78, 5) is 27.5. The monoisotopic (exact) mass is 295 g/mol. The van der Waals surface area contributed by atoms with E-state index in [9.17, 15) is 20.0 Å². The van der Waals surface area contributed by atoms with Gasteiger partial charge in [0.15, 0.2) is 5.52 Å². The molecule has 0 aliphatic carbocycles. The van der Waals surface area contributed by atoms with E-state index >= 15 is 0 Å². The highest BCUT2D eigenvalue weighted by atomic mass is 32.1. The number of aromatic nitrogens is 1. The standard InChI is InChI=1S/C12H13N3O4S/c1-12(2,11(16)17)14(3)7-4-5-8-9(13-6-20-8)10(7)15(18)19/h4-6H,1-3H3,(H,16,17). The maximum absolute atomic E-state index is 11.3. The predicted molar refractivity (Wildman–Crippen MR) is 76.4 cm³/mol. The van der Waals surface area contributed by atoms with Gasteiger partial charge >= 0.3 is 11.7 Å². The van der Waals surface area contributed by atoms with Crippen molar-refractivity contribution >= 4 is 38.9 Å². The Kier molecular flexibility index (Phi) is 3.34. The minimum atomic E-state index is -1.27. The van der Waals surface area contributed by atoms with Gasteiger partial charge in [0.25, 0.3) is 0 Å². The molecule has 2 rings (SSSR count). The van der Waals surface area contributed by atoms with Gasteiger partial charge in [-0.1, -0.05) is 0 Å². The second-order valence-electron chi connectivity index (χ2n) is 4.81. The number of nitrogens with zero attached hydrogens (tertiary/aromatic N) is 3. The number of fused-ring (bicyclic) bond motifs is 1. The number of rotatable bonds is 4. The summed E-state index contributed by atoms with van der Waals surface area (Å²) in [5, 5.41) is 20.6. The number of nitro benzene ring substituents is 1. The third-order valence-corrected chi connectivity index (χ3v) is 4.15. The van der Waals surface area contributed by atoms with Crippen LogP contribution in [0.3, 0.4) is 0 Å². The Labute approximate surface area is 118 Å². The Morgan fingerprint density at radius 3 is 2.70 bits per heavy atom. The van der Waals surface area contributed by atoms with Crippen LogP contribution in [-0.4, -0.2) is 33.6 Å². The summed E-state index contributed by atoms with van der Waals surface area (Å²) in [6.07, 6.45) is 0. The number of thiazole rings is 1. The minimum Gasteiger partial charge on any atom is -0.480 e. The average Bonchev–Trinajstić information content (AvgIpc) is 2.83. The van der Waals surface area contributed by atoms with Gasteiger partial charge in [-0.25, -0.2) is 9.78 Å². The van der Waals surface area contributed by atoms with Crippen molar-refractivity contribution in [2.75, 3.05) is 11.9 Å². The number of carboxylic acid groups (broad SMARTS) is 1. The maximum atomic E-state index is 11.3. The Balaban J connectivity index is 2.68. The summed E-state index contributed by atoms with van der Waals surface area (Å²) < 4.78 is 0.696. The van der Waals surface area contributed by atoms with Crippen molar-refractivity contribution in [3.05, 3.63) is 27.8 Å². The largest absolute Gasteiger partial charge is 0.480 e. The number of nitro groups is 1. The molecule has 0 bridgehead atoms. The Hall–Kier alpha value is -2.22. The van der Waals surface area contributed by atoms with E-state index in [4.69, 9.17) is 0 Å². The lowest BCUT2D eigenvalue weighted by Crippen LogP contribution is -2.48. The lowest BCUT2D eigenvalue weighted by atomic mass is 10.0. The van der Waals surface area contributed by atoms with Crippen LogP contribution in [0.4, 0.5) is 11.4 Å². The lowest BCUT2D eigenvalue weighted by molar-refractivity contribution is -0.382. The lowest BCUT2D eigenvalue weighted by Gasteiger charge is -2.33. The van der Waals surface area contributed by atoms with E-state index in [0.717, 1.165) is 0 Å². The van der Waals surface area contributed by atoms with Gasteiger partial charge in [-0.15, -0.1) is 11.3 Å². The van der Waals surface area contributed by atoms with E-state index in [1.807, 2.05) is 0 Å². The van der Waals surface area contributed by atoms with Gasteiger partial charge in [-0.3, -0.25) is 10.1 Å². The normalized spacial score (nSPS) is 11.6. The van der Waals surface area contributed by atoms with Crippen LogP contribution in [0.25, 0.3) is 10.2 Å². The molecule has 0 saturated carbocycles. The first-order chi connectivity index (χ1) is 9.26. The van der Waals surface area contributed by atoms with Crippen LogP contribution >= 0.6 is 11.3 Å². The van der Waals surface area contributed by atoms with E-state index in [-0.39, 0.29) is 16.9 Å². The molecule has 0 fully saturated rings. The van der Waals surface area contributed by atoms with E-state index < -0.39 is 16.4 Å². The number of aliphatic carboxylic acids is 1. The quantitative estimate of drug-likeness (QED) is 0.687. The first kappa shape index (κ1) is 14.2. The van der Waals surface area contributed by atoms with Crippen molar-refractivity contribution in [3.63, 3.8) is 0 Å². The van der Waals surface area contributed by atoms with E-state index in [2.05, 4.69) is 4.98 Å². The van der Waals surface area contributed by atoms with Crippen LogP contribution in [0.5, 0.6) is 0 Å². The first-order valence-corrected chi connectivity index (χ1v) is 6.62. The van der Waals surface area contributed by atoms with Crippen molar-refractivity contribution in [2.45, 2.75) is 19.4 Å². The van der Waals surface area contributed by atoms with Gasteiger partial charge < -0.3 is 10.0 Å². The molecule has 1 aromatic heterocycles. The summed E-state index contributed by atoms with van der Waals surface area (Å²) in [6, 6.07) is 3.27. The molecule has 0 atom stereocenters. The third-order valence-electron chi connectivity index (χ3n) is 3.36. The number of anilines is 1. The number of carbonyl (C=O) groups is 1. The fourth-order valence-corrected chi connectivity index (χ4v) is 2.48. The molecule has 0 unspecified atom stereocenters. The topological polar surface area (TPSA) is 96.6 Å². The number of hydrogen-bond donors (Lipinski definition) is 1. The zero-order chi connectivity index (χ0) is 15.1. The molecule has 2 aromatic rings. The molecule has 1 N–H and O–H groups in total. The van der Waals surface area contributed by atoms with Crippen LogP contribution in [0, 0.1) is 10.1 Å². The molecule has 106 valence electrons. The van der Waals surface area contributed by atoms with E-state index in [1.165, 1.54) is 42.6 Å². The second kappa shape index (κ2) is 4.71. The summed E-state index contributed by atoms with van der Waals surface area (Å²) in [6.45, 7) is 2.98. The summed E-state index contributed by atoms with van der Waals surface area (Å²) in [5.41, 5.74) is 0.616. The van der Waals surface area contributed by atoms with Crippen molar-refractivity contribution in [3.8, 4) is 0 Å². The highest BCUT2D eigenvalue weighted by molar-refractivity contribution is 7.16. The Bertz CT molecular complexity index is 695. The van der Waals surface area contributed by atoms with Crippen molar-refractivity contribution in [2.24, 2.45) is 0 Å². The molecule has 8 heteroatoms. The highest BCUT2D eigenvalue weighted by Gasteiger charge is 2.36. The van der Waals surface area contributed by atoms with Gasteiger partial charge in [0.2, 0.25) is 0 Å². The summed E-state index contributed by atoms with van der Waals surface area (Å²) in [5.74, 6) is -1.06. The van der Waals surface area contributed by atoms with Gasteiger partial charge in [-0.2, -0.15) is 0 Å². The molecule has 1 heterocycles.